The molecule has 0 bridgehead atoms. The molecule has 0 saturated heterocycles. The van der Waals surface area contributed by atoms with Crippen LogP contribution in [-0.4, -0.2) is 5.11 Å². The van der Waals surface area contributed by atoms with Crippen LogP contribution in [-0.2, 0) is 11.9 Å². The number of aromatic hydroxyl groups is 1. The summed E-state index contributed by atoms with van der Waals surface area (Å²) < 4.78 is 5.94. The lowest BCUT2D eigenvalue weighted by Gasteiger charge is -2.13. The number of ether oxygens (including phenoxy) is 1. The van der Waals surface area contributed by atoms with Gasteiger partial charge in [0.25, 0.3) is 0 Å². The monoisotopic (exact) mass is 342 g/mol. The Morgan fingerprint density at radius 1 is 0.952 bits per heavy atom. The molecular weight excluding hydrogens is 328 g/mol. The second-order valence-corrected chi connectivity index (χ2v) is 5.42. The van der Waals surface area contributed by atoms with E-state index in [1.807, 2.05) is 30.3 Å². The lowest BCUT2D eigenvalue weighted by Crippen LogP contribution is -1.98. The van der Waals surface area contributed by atoms with Crippen LogP contribution in [0.5, 0.6) is 11.5 Å². The molecule has 3 heteroatoms. The Kier molecular flexibility index (Phi) is 4.11. The molecule has 21 heavy (non-hydrogen) atoms. The minimum Gasteiger partial charge on any atom is -0.508 e. The zero-order valence-corrected chi connectivity index (χ0v) is 13.0. The molecule has 3 aromatic carbocycles. The summed E-state index contributed by atoms with van der Waals surface area (Å²) in [4.78, 5) is 0. The molecule has 0 fully saturated rings. The quantitative estimate of drug-likeness (QED) is 0.674. The highest BCUT2D eigenvalue weighted by Gasteiger charge is 2.08. The van der Waals surface area contributed by atoms with Gasteiger partial charge in [-0.2, -0.15) is 0 Å². The summed E-state index contributed by atoms with van der Waals surface area (Å²) >= 11 is 3.55. The highest BCUT2D eigenvalue weighted by molar-refractivity contribution is 9.08. The molecule has 0 unspecified atom stereocenters. The van der Waals surface area contributed by atoms with E-state index in [2.05, 4.69) is 34.1 Å². The molecule has 106 valence electrons. The fourth-order valence-electron chi connectivity index (χ4n) is 2.40. The van der Waals surface area contributed by atoms with Crippen molar-refractivity contribution in [2.24, 2.45) is 0 Å². The predicted octanol–water partition coefficient (Wildman–Crippen LogP) is 5.02. The molecule has 0 aromatic heterocycles. The normalized spacial score (nSPS) is 10.7. The fourth-order valence-corrected chi connectivity index (χ4v) is 2.97. The molecule has 0 heterocycles. The van der Waals surface area contributed by atoms with Crippen LogP contribution in [0.2, 0.25) is 0 Å². The van der Waals surface area contributed by atoms with Gasteiger partial charge in [-0.05, 0) is 34.5 Å². The zero-order chi connectivity index (χ0) is 14.7. The number of halogens is 1. The summed E-state index contributed by atoms with van der Waals surface area (Å²) in [6.07, 6.45) is 0. The summed E-state index contributed by atoms with van der Waals surface area (Å²) in [7, 11) is 0. The lowest BCUT2D eigenvalue weighted by molar-refractivity contribution is 0.304. The average Bonchev–Trinajstić information content (AvgIpc) is 2.52. The molecule has 0 amide bonds. The van der Waals surface area contributed by atoms with Crippen molar-refractivity contribution in [3.05, 3.63) is 71.8 Å². The van der Waals surface area contributed by atoms with Gasteiger partial charge in [0.1, 0.15) is 18.1 Å². The molecule has 0 aliphatic heterocycles. The first-order valence-electron chi connectivity index (χ1n) is 6.75. The van der Waals surface area contributed by atoms with Crippen LogP contribution in [0.1, 0.15) is 11.1 Å². The standard InChI is InChI=1S/C18H15BrO2/c19-11-17-16-7-2-1-5-14(16)8-9-18(17)21-12-13-4-3-6-15(20)10-13/h1-10,20H,11-12H2. The summed E-state index contributed by atoms with van der Waals surface area (Å²) in [5, 5.41) is 12.6. The van der Waals surface area contributed by atoms with E-state index in [9.17, 15) is 5.11 Å². The van der Waals surface area contributed by atoms with E-state index < -0.39 is 0 Å². The Hall–Kier alpha value is -2.00. The number of fused-ring (bicyclic) bond motifs is 1. The smallest absolute Gasteiger partial charge is 0.124 e. The average molecular weight is 343 g/mol. The zero-order valence-electron chi connectivity index (χ0n) is 11.4. The van der Waals surface area contributed by atoms with Crippen molar-refractivity contribution < 1.29 is 9.84 Å². The molecule has 0 radical (unpaired) electrons. The largest absolute Gasteiger partial charge is 0.508 e. The van der Waals surface area contributed by atoms with Crippen molar-refractivity contribution in [2.45, 2.75) is 11.9 Å². The lowest BCUT2D eigenvalue weighted by atomic mass is 10.0. The van der Waals surface area contributed by atoms with Crippen LogP contribution in [0.25, 0.3) is 10.8 Å². The minimum absolute atomic E-state index is 0.260. The van der Waals surface area contributed by atoms with E-state index in [-0.39, 0.29) is 5.75 Å². The maximum Gasteiger partial charge on any atom is 0.124 e. The number of rotatable bonds is 4. The topological polar surface area (TPSA) is 29.5 Å². The Morgan fingerprint density at radius 3 is 2.62 bits per heavy atom. The maximum atomic E-state index is 9.49. The van der Waals surface area contributed by atoms with Crippen LogP contribution in [0.4, 0.5) is 0 Å². The van der Waals surface area contributed by atoms with Crippen molar-refractivity contribution in [2.75, 3.05) is 0 Å². The van der Waals surface area contributed by atoms with Crippen molar-refractivity contribution in [1.82, 2.24) is 0 Å². The summed E-state index contributed by atoms with van der Waals surface area (Å²) in [6.45, 7) is 0.437. The molecule has 0 spiro atoms. The van der Waals surface area contributed by atoms with Crippen LogP contribution in [0.3, 0.4) is 0 Å². The van der Waals surface area contributed by atoms with Gasteiger partial charge >= 0.3 is 0 Å². The Balaban J connectivity index is 1.90. The molecule has 0 aliphatic rings. The third-order valence-electron chi connectivity index (χ3n) is 3.44. The Bertz CT molecular complexity index is 768. The molecule has 0 saturated carbocycles. The first kappa shape index (κ1) is 14.0. The van der Waals surface area contributed by atoms with Crippen molar-refractivity contribution in [3.8, 4) is 11.5 Å². The highest BCUT2D eigenvalue weighted by Crippen LogP contribution is 2.30. The van der Waals surface area contributed by atoms with Crippen LogP contribution in [0.15, 0.2) is 60.7 Å². The second-order valence-electron chi connectivity index (χ2n) is 4.86. The van der Waals surface area contributed by atoms with Gasteiger partial charge in [0.05, 0.1) is 0 Å². The summed E-state index contributed by atoms with van der Waals surface area (Å²) in [6, 6.07) is 19.5. The van der Waals surface area contributed by atoms with Gasteiger partial charge in [-0.25, -0.2) is 0 Å². The van der Waals surface area contributed by atoms with E-state index in [4.69, 9.17) is 4.74 Å². The van der Waals surface area contributed by atoms with Crippen LogP contribution in [0, 0.1) is 0 Å². The number of alkyl halides is 1. The second kappa shape index (κ2) is 6.19. The SMILES string of the molecule is Oc1cccc(COc2ccc3ccccc3c2CBr)c1. The van der Waals surface area contributed by atoms with Gasteiger partial charge in [-0.1, -0.05) is 58.4 Å². The number of hydrogen-bond acceptors (Lipinski definition) is 2. The minimum atomic E-state index is 0.260. The third-order valence-corrected chi connectivity index (χ3v) is 4.00. The van der Waals surface area contributed by atoms with Crippen LogP contribution >= 0.6 is 15.9 Å². The van der Waals surface area contributed by atoms with Gasteiger partial charge < -0.3 is 9.84 Å². The van der Waals surface area contributed by atoms with Gasteiger partial charge in [-0.3, -0.25) is 0 Å². The van der Waals surface area contributed by atoms with Crippen molar-refractivity contribution in [3.63, 3.8) is 0 Å². The first-order valence-corrected chi connectivity index (χ1v) is 7.87. The number of benzene rings is 3. The molecule has 1 N–H and O–H groups in total. The van der Waals surface area contributed by atoms with Gasteiger partial charge in [0.15, 0.2) is 0 Å². The molecule has 0 aliphatic carbocycles. The van der Waals surface area contributed by atoms with E-state index in [0.29, 0.717) is 6.61 Å². The van der Waals surface area contributed by atoms with Crippen molar-refractivity contribution >= 4 is 26.7 Å². The first-order chi connectivity index (χ1) is 10.3. The molecule has 2 nitrogen and oxygen atoms in total. The third kappa shape index (κ3) is 3.03. The summed E-state index contributed by atoms with van der Waals surface area (Å²) in [5.41, 5.74) is 2.09. The molecule has 3 rings (SSSR count). The van der Waals surface area contributed by atoms with E-state index in [1.54, 1.807) is 12.1 Å². The van der Waals surface area contributed by atoms with Crippen molar-refractivity contribution in [1.29, 1.82) is 0 Å². The van der Waals surface area contributed by atoms with E-state index in [1.165, 1.54) is 10.8 Å². The molecule has 3 aromatic rings. The number of phenols is 1. The van der Waals surface area contributed by atoms with E-state index in [0.717, 1.165) is 22.2 Å². The maximum absolute atomic E-state index is 9.49. The van der Waals surface area contributed by atoms with Gasteiger partial charge in [0, 0.05) is 10.9 Å². The Labute approximate surface area is 132 Å². The highest BCUT2D eigenvalue weighted by atomic mass is 79.9. The number of hydrogen-bond donors (Lipinski definition) is 1. The summed E-state index contributed by atoms with van der Waals surface area (Å²) in [5.74, 6) is 1.13. The number of phenolic OH excluding ortho intramolecular Hbond substituents is 1. The molecular formula is C18H15BrO2. The fraction of sp³-hybridized carbons (Fsp3) is 0.111. The van der Waals surface area contributed by atoms with Gasteiger partial charge in [-0.15, -0.1) is 0 Å². The van der Waals surface area contributed by atoms with Gasteiger partial charge in [0.2, 0.25) is 0 Å². The predicted molar refractivity (Wildman–Crippen MR) is 89.0 cm³/mol. The molecule has 0 atom stereocenters. The van der Waals surface area contributed by atoms with E-state index >= 15 is 0 Å². The van der Waals surface area contributed by atoms with Crippen LogP contribution < -0.4 is 4.74 Å². The Morgan fingerprint density at radius 2 is 1.81 bits per heavy atom.